The fourth-order valence-corrected chi connectivity index (χ4v) is 3.48. The van der Waals surface area contributed by atoms with Crippen LogP contribution in [-0.2, 0) is 0 Å². The third-order valence-corrected chi connectivity index (χ3v) is 4.94. The van der Waals surface area contributed by atoms with E-state index >= 15 is 0 Å². The predicted octanol–water partition coefficient (Wildman–Crippen LogP) is 5.61. The topological polar surface area (TPSA) is 61.6 Å². The van der Waals surface area contributed by atoms with Crippen molar-refractivity contribution in [2.24, 2.45) is 0 Å². The molecule has 0 radical (unpaired) electrons. The van der Waals surface area contributed by atoms with E-state index in [1.807, 2.05) is 0 Å². The third kappa shape index (κ3) is 4.05. The van der Waals surface area contributed by atoms with Crippen molar-refractivity contribution in [2.45, 2.75) is 0 Å². The predicted molar refractivity (Wildman–Crippen MR) is 112 cm³/mol. The number of ether oxygens (including phenoxy) is 2. The van der Waals surface area contributed by atoms with Crippen LogP contribution in [-0.4, -0.2) is 19.4 Å². The number of aromatic nitrogens is 1. The summed E-state index contributed by atoms with van der Waals surface area (Å²) in [5.41, 5.74) is -2.95. The Bertz CT molecular complexity index is 1370. The lowest BCUT2D eigenvalue weighted by molar-refractivity contribution is 0.374. The van der Waals surface area contributed by atoms with E-state index in [9.17, 15) is 22.4 Å². The number of benzene rings is 3. The second-order valence-corrected chi connectivity index (χ2v) is 6.89. The molecule has 0 amide bonds. The SMILES string of the molecule is COc1cc(OC)cc(-c2c(-c3ccccc3F)noc(=O)c2-c2c(F)cc(F)cc2F)c1. The van der Waals surface area contributed by atoms with Crippen LogP contribution in [0.4, 0.5) is 17.6 Å². The highest BCUT2D eigenvalue weighted by molar-refractivity contribution is 5.92. The van der Waals surface area contributed by atoms with Crippen molar-refractivity contribution in [1.29, 1.82) is 0 Å². The van der Waals surface area contributed by atoms with Crippen LogP contribution in [0.15, 0.2) is 63.9 Å². The van der Waals surface area contributed by atoms with Gasteiger partial charge in [-0.25, -0.2) is 22.4 Å². The highest BCUT2D eigenvalue weighted by Crippen LogP contribution is 2.41. The number of halogens is 4. The van der Waals surface area contributed by atoms with Crippen molar-refractivity contribution >= 4 is 0 Å². The second kappa shape index (κ2) is 8.78. The Hall–Kier alpha value is -4.14. The Morgan fingerprint density at radius 3 is 1.94 bits per heavy atom. The van der Waals surface area contributed by atoms with Gasteiger partial charge in [-0.15, -0.1) is 0 Å². The number of rotatable bonds is 5. The molecular weight excluding hydrogens is 442 g/mol. The molecule has 0 bridgehead atoms. The van der Waals surface area contributed by atoms with Crippen molar-refractivity contribution in [3.63, 3.8) is 0 Å². The number of nitrogens with zero attached hydrogens (tertiary/aromatic N) is 1. The molecule has 168 valence electrons. The first kappa shape index (κ1) is 22.1. The monoisotopic (exact) mass is 457 g/mol. The second-order valence-electron chi connectivity index (χ2n) is 6.89. The van der Waals surface area contributed by atoms with Crippen LogP contribution in [0.5, 0.6) is 11.5 Å². The maximum absolute atomic E-state index is 14.8. The standard InChI is InChI=1S/C24H15F4NO4/c1-31-14-7-12(8-15(11-14)32-2)20-22(21-18(27)9-13(25)10-19(21)28)24(30)33-29-23(20)16-5-3-4-6-17(16)26/h3-11H,1-2H3. The van der Waals surface area contributed by atoms with Gasteiger partial charge in [0.25, 0.3) is 0 Å². The number of methoxy groups -OCH3 is 2. The zero-order valence-corrected chi connectivity index (χ0v) is 17.3. The Kier molecular flexibility index (Phi) is 5.87. The first-order chi connectivity index (χ1) is 15.8. The lowest BCUT2D eigenvalue weighted by Gasteiger charge is -2.16. The molecule has 1 aromatic heterocycles. The minimum Gasteiger partial charge on any atom is -0.497 e. The van der Waals surface area contributed by atoms with E-state index in [4.69, 9.17) is 14.0 Å². The fourth-order valence-electron chi connectivity index (χ4n) is 3.48. The van der Waals surface area contributed by atoms with E-state index in [-0.39, 0.29) is 33.9 Å². The van der Waals surface area contributed by atoms with Gasteiger partial charge in [0.1, 0.15) is 40.5 Å². The van der Waals surface area contributed by atoms with Gasteiger partial charge in [-0.1, -0.05) is 17.3 Å². The quantitative estimate of drug-likeness (QED) is 0.365. The molecule has 0 aliphatic rings. The molecule has 0 saturated carbocycles. The maximum Gasteiger partial charge on any atom is 0.367 e. The molecule has 0 aliphatic carbocycles. The fraction of sp³-hybridized carbons (Fsp3) is 0.0833. The molecule has 4 aromatic rings. The van der Waals surface area contributed by atoms with Crippen molar-refractivity contribution in [1.82, 2.24) is 5.16 Å². The molecule has 0 unspecified atom stereocenters. The van der Waals surface area contributed by atoms with E-state index in [2.05, 4.69) is 5.16 Å². The molecule has 4 rings (SSSR count). The van der Waals surface area contributed by atoms with Crippen molar-refractivity contribution in [3.05, 3.63) is 88.3 Å². The summed E-state index contributed by atoms with van der Waals surface area (Å²) in [6.45, 7) is 0. The van der Waals surface area contributed by atoms with Gasteiger partial charge in [-0.2, -0.15) is 0 Å². The zero-order chi connectivity index (χ0) is 23.7. The Labute approximate surface area is 184 Å². The summed E-state index contributed by atoms with van der Waals surface area (Å²) < 4.78 is 73.1. The van der Waals surface area contributed by atoms with Gasteiger partial charge in [-0.3, -0.25) is 0 Å². The van der Waals surface area contributed by atoms with E-state index in [0.717, 1.165) is 6.07 Å². The summed E-state index contributed by atoms with van der Waals surface area (Å²) in [6, 6.07) is 10.7. The Morgan fingerprint density at radius 1 is 0.758 bits per heavy atom. The summed E-state index contributed by atoms with van der Waals surface area (Å²) >= 11 is 0. The van der Waals surface area contributed by atoms with Crippen LogP contribution >= 0.6 is 0 Å². The Balaban J connectivity index is 2.19. The number of hydrogen-bond donors (Lipinski definition) is 0. The molecular formula is C24H15F4NO4. The summed E-state index contributed by atoms with van der Waals surface area (Å²) in [7, 11) is 2.77. The highest BCUT2D eigenvalue weighted by atomic mass is 19.1. The smallest absolute Gasteiger partial charge is 0.367 e. The summed E-state index contributed by atoms with van der Waals surface area (Å²) in [5.74, 6) is -4.03. The van der Waals surface area contributed by atoms with E-state index < -0.39 is 40.0 Å². The van der Waals surface area contributed by atoms with E-state index in [1.165, 1.54) is 50.6 Å². The number of hydrogen-bond acceptors (Lipinski definition) is 5. The first-order valence-corrected chi connectivity index (χ1v) is 9.51. The third-order valence-electron chi connectivity index (χ3n) is 4.94. The summed E-state index contributed by atoms with van der Waals surface area (Å²) in [5, 5.41) is 3.73. The van der Waals surface area contributed by atoms with Gasteiger partial charge in [0, 0.05) is 29.3 Å². The van der Waals surface area contributed by atoms with Crippen molar-refractivity contribution < 1.29 is 31.6 Å². The minimum atomic E-state index is -1.35. The van der Waals surface area contributed by atoms with Gasteiger partial charge in [0.15, 0.2) is 0 Å². The van der Waals surface area contributed by atoms with Gasteiger partial charge < -0.3 is 14.0 Å². The minimum absolute atomic E-state index is 0.0952. The lowest BCUT2D eigenvalue weighted by Crippen LogP contribution is -2.11. The van der Waals surface area contributed by atoms with Gasteiger partial charge in [-0.05, 0) is 29.8 Å². The molecule has 3 aromatic carbocycles. The van der Waals surface area contributed by atoms with Crippen LogP contribution < -0.4 is 15.1 Å². The van der Waals surface area contributed by atoms with Gasteiger partial charge >= 0.3 is 5.63 Å². The zero-order valence-electron chi connectivity index (χ0n) is 17.3. The van der Waals surface area contributed by atoms with Gasteiger partial charge in [0.2, 0.25) is 0 Å². The van der Waals surface area contributed by atoms with Crippen LogP contribution in [0.3, 0.4) is 0 Å². The van der Waals surface area contributed by atoms with E-state index in [1.54, 1.807) is 0 Å². The van der Waals surface area contributed by atoms with Crippen LogP contribution in [0.2, 0.25) is 0 Å². The average molecular weight is 457 g/mol. The molecule has 33 heavy (non-hydrogen) atoms. The molecule has 0 N–H and O–H groups in total. The largest absolute Gasteiger partial charge is 0.497 e. The van der Waals surface area contributed by atoms with Crippen molar-refractivity contribution in [3.8, 4) is 45.0 Å². The molecule has 0 saturated heterocycles. The van der Waals surface area contributed by atoms with Crippen LogP contribution in [0.1, 0.15) is 0 Å². The molecule has 0 aliphatic heterocycles. The molecule has 9 heteroatoms. The van der Waals surface area contributed by atoms with Crippen molar-refractivity contribution in [2.75, 3.05) is 14.2 Å². The van der Waals surface area contributed by atoms with Crippen LogP contribution in [0, 0.1) is 23.3 Å². The average Bonchev–Trinajstić information content (AvgIpc) is 2.79. The molecule has 0 spiro atoms. The van der Waals surface area contributed by atoms with Gasteiger partial charge in [0.05, 0.1) is 25.3 Å². The summed E-state index contributed by atoms with van der Waals surface area (Å²) in [6.07, 6.45) is 0. The molecule has 0 atom stereocenters. The molecule has 5 nitrogen and oxygen atoms in total. The van der Waals surface area contributed by atoms with Crippen LogP contribution in [0.25, 0.3) is 33.5 Å². The summed E-state index contributed by atoms with van der Waals surface area (Å²) in [4.78, 5) is 12.8. The molecule has 0 fully saturated rings. The van der Waals surface area contributed by atoms with E-state index in [0.29, 0.717) is 12.1 Å². The lowest BCUT2D eigenvalue weighted by atomic mass is 9.91. The first-order valence-electron chi connectivity index (χ1n) is 9.51. The molecule has 1 heterocycles. The normalized spacial score (nSPS) is 10.8. The Morgan fingerprint density at radius 2 is 1.36 bits per heavy atom. The maximum atomic E-state index is 14.8. The highest BCUT2D eigenvalue weighted by Gasteiger charge is 2.27.